The van der Waals surface area contributed by atoms with Gasteiger partial charge in [-0.3, -0.25) is 4.79 Å². The minimum absolute atomic E-state index is 0.252. The molecule has 0 spiro atoms. The molecule has 0 aliphatic rings. The molecule has 0 saturated carbocycles. The number of hydrogen-bond donors (Lipinski definition) is 0. The van der Waals surface area contributed by atoms with Crippen molar-refractivity contribution in [2.45, 2.75) is 0 Å². The smallest absolute Gasteiger partial charge is 0.229 e. The molecule has 16 heavy (non-hydrogen) atoms. The topological polar surface area (TPSA) is 42.9 Å². The van der Waals surface area contributed by atoms with E-state index in [4.69, 9.17) is 23.2 Å². The van der Waals surface area contributed by atoms with Gasteiger partial charge in [-0.2, -0.15) is 0 Å². The molecule has 0 amide bonds. The maximum Gasteiger partial charge on any atom is 0.229 e. The summed E-state index contributed by atoms with van der Waals surface area (Å²) in [7, 11) is 0. The molecule has 0 fully saturated rings. The summed E-state index contributed by atoms with van der Waals surface area (Å²) in [5, 5.41) is 0.542. The Kier molecular flexibility index (Phi) is 3.17. The van der Waals surface area contributed by atoms with Crippen LogP contribution in [-0.4, -0.2) is 15.8 Å². The van der Waals surface area contributed by atoms with Gasteiger partial charge in [-0.25, -0.2) is 9.97 Å². The number of ketones is 1. The first kappa shape index (κ1) is 11.0. The molecule has 2 heterocycles. The van der Waals surface area contributed by atoms with Crippen molar-refractivity contribution in [3.63, 3.8) is 0 Å². The fourth-order valence-electron chi connectivity index (χ4n) is 1.20. The lowest BCUT2D eigenvalue weighted by atomic mass is 10.2. The molecule has 5 heteroatoms. The van der Waals surface area contributed by atoms with Crippen molar-refractivity contribution in [2.24, 2.45) is 0 Å². The van der Waals surface area contributed by atoms with Gasteiger partial charge in [0.05, 0.1) is 0 Å². The molecular formula is C11H6Cl2N2O. The number of carbonyl (C=O) groups excluding carboxylic acids is 1. The zero-order chi connectivity index (χ0) is 11.5. The number of halogens is 2. The molecule has 2 rings (SSSR count). The van der Waals surface area contributed by atoms with E-state index in [0.29, 0.717) is 0 Å². The van der Waals surface area contributed by atoms with Gasteiger partial charge in [-0.1, -0.05) is 35.3 Å². The van der Waals surface area contributed by atoms with Gasteiger partial charge in [0, 0.05) is 0 Å². The third kappa shape index (κ3) is 2.38. The first-order chi connectivity index (χ1) is 7.66. The SMILES string of the molecule is O=C(c1cccc(Cl)n1)c1cccc(Cl)n1. The summed E-state index contributed by atoms with van der Waals surface area (Å²) in [5.41, 5.74) is 0.504. The quantitative estimate of drug-likeness (QED) is 0.610. The maximum atomic E-state index is 11.9. The molecular weight excluding hydrogens is 247 g/mol. The van der Waals surface area contributed by atoms with Gasteiger partial charge in [-0.05, 0) is 24.3 Å². The second-order valence-electron chi connectivity index (χ2n) is 3.02. The Balaban J connectivity index is 2.39. The van der Waals surface area contributed by atoms with Crippen molar-refractivity contribution in [3.05, 3.63) is 58.1 Å². The standard InChI is InChI=1S/C11H6Cl2N2O/c12-9-5-1-3-7(14-9)11(16)8-4-2-6-10(13)15-8/h1-6H. The average molecular weight is 253 g/mol. The second kappa shape index (κ2) is 4.60. The molecule has 0 aliphatic carbocycles. The lowest BCUT2D eigenvalue weighted by Gasteiger charge is -2.00. The van der Waals surface area contributed by atoms with Crippen molar-refractivity contribution >= 4 is 29.0 Å². The van der Waals surface area contributed by atoms with Crippen LogP contribution in [0.5, 0.6) is 0 Å². The molecule has 3 nitrogen and oxygen atoms in total. The summed E-state index contributed by atoms with van der Waals surface area (Å²) in [6.45, 7) is 0. The lowest BCUT2D eigenvalue weighted by molar-refractivity contribution is 0.103. The molecule has 0 N–H and O–H groups in total. The van der Waals surface area contributed by atoms with E-state index in [0.717, 1.165) is 0 Å². The van der Waals surface area contributed by atoms with E-state index >= 15 is 0 Å². The van der Waals surface area contributed by atoms with Gasteiger partial charge in [-0.15, -0.1) is 0 Å². The molecule has 0 atom stereocenters. The van der Waals surface area contributed by atoms with E-state index in [-0.39, 0.29) is 27.5 Å². The van der Waals surface area contributed by atoms with Crippen molar-refractivity contribution in [1.29, 1.82) is 0 Å². The zero-order valence-corrected chi connectivity index (χ0v) is 9.53. The van der Waals surface area contributed by atoms with E-state index in [1.165, 1.54) is 0 Å². The molecule has 0 radical (unpaired) electrons. The monoisotopic (exact) mass is 252 g/mol. The number of pyridine rings is 2. The van der Waals surface area contributed by atoms with E-state index in [1.54, 1.807) is 36.4 Å². The highest BCUT2D eigenvalue weighted by molar-refractivity contribution is 6.30. The molecule has 0 bridgehead atoms. The van der Waals surface area contributed by atoms with Gasteiger partial charge in [0.1, 0.15) is 21.7 Å². The summed E-state index contributed by atoms with van der Waals surface area (Å²) in [6, 6.07) is 9.68. The molecule has 2 aromatic heterocycles. The van der Waals surface area contributed by atoms with Crippen LogP contribution in [0.2, 0.25) is 10.3 Å². The first-order valence-electron chi connectivity index (χ1n) is 4.46. The largest absolute Gasteiger partial charge is 0.285 e. The van der Waals surface area contributed by atoms with Crippen LogP contribution in [-0.2, 0) is 0 Å². The van der Waals surface area contributed by atoms with E-state index in [2.05, 4.69) is 9.97 Å². The van der Waals surface area contributed by atoms with E-state index in [9.17, 15) is 4.79 Å². The van der Waals surface area contributed by atoms with Crippen LogP contribution in [0, 0.1) is 0 Å². The molecule has 80 valence electrons. The first-order valence-corrected chi connectivity index (χ1v) is 5.22. The van der Waals surface area contributed by atoms with Crippen LogP contribution < -0.4 is 0 Å². The third-order valence-corrected chi connectivity index (χ3v) is 2.32. The highest BCUT2D eigenvalue weighted by Gasteiger charge is 2.12. The number of rotatable bonds is 2. The van der Waals surface area contributed by atoms with Crippen LogP contribution >= 0.6 is 23.2 Å². The van der Waals surface area contributed by atoms with Crippen LogP contribution in [0.4, 0.5) is 0 Å². The summed E-state index contributed by atoms with van der Waals surface area (Å²) in [6.07, 6.45) is 0. The molecule has 0 aliphatic heterocycles. The van der Waals surface area contributed by atoms with Crippen molar-refractivity contribution in [1.82, 2.24) is 9.97 Å². The summed E-state index contributed by atoms with van der Waals surface area (Å²) in [4.78, 5) is 19.7. The average Bonchev–Trinajstić information content (AvgIpc) is 2.28. The van der Waals surface area contributed by atoms with Crippen molar-refractivity contribution < 1.29 is 4.79 Å². The van der Waals surface area contributed by atoms with Crippen LogP contribution in [0.15, 0.2) is 36.4 Å². The van der Waals surface area contributed by atoms with Crippen molar-refractivity contribution in [2.75, 3.05) is 0 Å². The summed E-state index contributed by atoms with van der Waals surface area (Å²) < 4.78 is 0. The predicted octanol–water partition coefficient (Wildman–Crippen LogP) is 3.01. The Bertz CT molecular complexity index is 496. The Morgan fingerprint density at radius 2 is 1.31 bits per heavy atom. The number of nitrogens with zero attached hydrogens (tertiary/aromatic N) is 2. The molecule has 0 aromatic carbocycles. The van der Waals surface area contributed by atoms with Gasteiger partial charge in [0.15, 0.2) is 0 Å². The Hall–Kier alpha value is -1.45. The zero-order valence-electron chi connectivity index (χ0n) is 8.02. The van der Waals surface area contributed by atoms with E-state index in [1.807, 2.05) is 0 Å². The maximum absolute atomic E-state index is 11.9. The van der Waals surface area contributed by atoms with Crippen LogP contribution in [0.1, 0.15) is 16.2 Å². The summed E-state index contributed by atoms with van der Waals surface area (Å²) in [5.74, 6) is -0.301. The molecule has 2 aromatic rings. The van der Waals surface area contributed by atoms with Crippen molar-refractivity contribution in [3.8, 4) is 0 Å². The highest BCUT2D eigenvalue weighted by Crippen LogP contribution is 2.11. The van der Waals surface area contributed by atoms with Gasteiger partial charge in [0.25, 0.3) is 0 Å². The second-order valence-corrected chi connectivity index (χ2v) is 3.79. The normalized spacial score (nSPS) is 10.1. The third-order valence-electron chi connectivity index (χ3n) is 1.90. The van der Waals surface area contributed by atoms with Crippen LogP contribution in [0.3, 0.4) is 0 Å². The van der Waals surface area contributed by atoms with Gasteiger partial charge >= 0.3 is 0 Å². The fraction of sp³-hybridized carbons (Fsp3) is 0. The predicted molar refractivity (Wildman–Crippen MR) is 61.9 cm³/mol. The number of hydrogen-bond acceptors (Lipinski definition) is 3. The summed E-state index contributed by atoms with van der Waals surface area (Å²) >= 11 is 11.4. The molecule has 0 unspecified atom stereocenters. The number of carbonyl (C=O) groups is 1. The minimum Gasteiger partial charge on any atom is -0.285 e. The number of aromatic nitrogens is 2. The van der Waals surface area contributed by atoms with Gasteiger partial charge in [0.2, 0.25) is 5.78 Å². The Morgan fingerprint density at radius 1 is 0.875 bits per heavy atom. The lowest BCUT2D eigenvalue weighted by Crippen LogP contribution is -2.06. The minimum atomic E-state index is -0.301. The fourth-order valence-corrected chi connectivity index (χ4v) is 1.53. The Morgan fingerprint density at radius 3 is 1.69 bits per heavy atom. The molecule has 0 saturated heterocycles. The van der Waals surface area contributed by atoms with Gasteiger partial charge < -0.3 is 0 Å². The Labute approximate surface area is 102 Å². The van der Waals surface area contributed by atoms with E-state index < -0.39 is 0 Å². The highest BCUT2D eigenvalue weighted by atomic mass is 35.5. The van der Waals surface area contributed by atoms with Crippen LogP contribution in [0.25, 0.3) is 0 Å².